The molecule has 0 atom stereocenters. The van der Waals surface area contributed by atoms with E-state index >= 15 is 0 Å². The number of nitrogens with zero attached hydrogens (tertiary/aromatic N) is 1. The number of carbonyl (C=O) groups is 1. The molecule has 3 heteroatoms. The van der Waals surface area contributed by atoms with Crippen molar-refractivity contribution >= 4 is 17.4 Å². The maximum Gasteiger partial charge on any atom is 0.347 e. The quantitative estimate of drug-likeness (QED) is 0.479. The zero-order chi connectivity index (χ0) is 14.9. The molecule has 0 bridgehead atoms. The molecular weight excluding hydrogens is 262 g/mol. The molecule has 106 valence electrons. The lowest BCUT2D eigenvalue weighted by atomic mass is 10.1. The standard InChI is InChI=1S/C18H17NO2/c1-21-18(20)17(16-10-6-3-7-11-16)14-19-13-12-15-8-4-2-5-9-15/h2-11H,12-13H2,1H3. The number of hydrogen-bond acceptors (Lipinski definition) is 3. The van der Waals surface area contributed by atoms with Crippen molar-refractivity contribution < 1.29 is 9.53 Å². The van der Waals surface area contributed by atoms with Gasteiger partial charge in [-0.2, -0.15) is 0 Å². The lowest BCUT2D eigenvalue weighted by Gasteiger charge is -2.01. The van der Waals surface area contributed by atoms with Gasteiger partial charge in [0.15, 0.2) is 0 Å². The minimum Gasteiger partial charge on any atom is -0.465 e. The Bertz CT molecular complexity index is 641. The summed E-state index contributed by atoms with van der Waals surface area (Å²) < 4.78 is 4.78. The van der Waals surface area contributed by atoms with Gasteiger partial charge in [-0.1, -0.05) is 60.7 Å². The van der Waals surface area contributed by atoms with Gasteiger partial charge in [0.05, 0.1) is 13.7 Å². The minimum absolute atomic E-state index is 0.353. The third kappa shape index (κ3) is 4.44. The second-order valence-corrected chi connectivity index (χ2v) is 4.46. The molecule has 0 aromatic heterocycles. The average molecular weight is 279 g/mol. The normalized spacial score (nSPS) is 9.57. The van der Waals surface area contributed by atoms with Crippen LogP contribution in [0.5, 0.6) is 0 Å². The summed E-state index contributed by atoms with van der Waals surface area (Å²) in [5.74, 6) is 2.40. The van der Waals surface area contributed by atoms with Gasteiger partial charge in [0.2, 0.25) is 0 Å². The number of aliphatic imine (C=N–C) groups is 1. The summed E-state index contributed by atoms with van der Waals surface area (Å²) in [5.41, 5.74) is 2.32. The van der Waals surface area contributed by atoms with E-state index in [4.69, 9.17) is 4.74 Å². The van der Waals surface area contributed by atoms with E-state index in [1.807, 2.05) is 48.5 Å². The molecule has 0 heterocycles. The first-order valence-corrected chi connectivity index (χ1v) is 6.78. The third-order valence-corrected chi connectivity index (χ3v) is 3.00. The van der Waals surface area contributed by atoms with Crippen LogP contribution in [0.2, 0.25) is 0 Å². The average Bonchev–Trinajstić information content (AvgIpc) is 2.56. The molecule has 3 nitrogen and oxygen atoms in total. The van der Waals surface area contributed by atoms with Crippen molar-refractivity contribution in [1.82, 2.24) is 0 Å². The molecule has 0 fully saturated rings. The minimum atomic E-state index is -0.426. The summed E-state index contributed by atoms with van der Waals surface area (Å²) in [7, 11) is 1.36. The van der Waals surface area contributed by atoms with Crippen LogP contribution in [-0.2, 0) is 16.0 Å². The van der Waals surface area contributed by atoms with Gasteiger partial charge in [0.1, 0.15) is 5.57 Å². The van der Waals surface area contributed by atoms with E-state index in [1.165, 1.54) is 12.7 Å². The first-order valence-electron chi connectivity index (χ1n) is 6.78. The molecular formula is C18H17NO2. The van der Waals surface area contributed by atoms with Crippen molar-refractivity contribution in [3.8, 4) is 0 Å². The number of benzene rings is 2. The number of carbonyl (C=O) groups excluding carboxylic acids is 1. The van der Waals surface area contributed by atoms with Crippen LogP contribution in [0, 0.1) is 0 Å². The van der Waals surface area contributed by atoms with Crippen LogP contribution >= 0.6 is 0 Å². The molecule has 0 saturated carbocycles. The molecule has 0 radical (unpaired) electrons. The third-order valence-electron chi connectivity index (χ3n) is 3.00. The first kappa shape index (κ1) is 14.8. The fourth-order valence-corrected chi connectivity index (χ4v) is 1.90. The van der Waals surface area contributed by atoms with Gasteiger partial charge >= 0.3 is 5.97 Å². The van der Waals surface area contributed by atoms with Gasteiger partial charge in [-0.3, -0.25) is 0 Å². The highest BCUT2D eigenvalue weighted by Gasteiger charge is 2.11. The molecule has 0 spiro atoms. The molecule has 2 rings (SSSR count). The highest BCUT2D eigenvalue weighted by atomic mass is 16.5. The van der Waals surface area contributed by atoms with E-state index in [2.05, 4.69) is 23.0 Å². The molecule has 0 aliphatic carbocycles. The van der Waals surface area contributed by atoms with Crippen molar-refractivity contribution in [1.29, 1.82) is 0 Å². The lowest BCUT2D eigenvalue weighted by Crippen LogP contribution is -2.04. The molecule has 0 saturated heterocycles. The van der Waals surface area contributed by atoms with Crippen molar-refractivity contribution in [2.75, 3.05) is 13.7 Å². The number of methoxy groups -OCH3 is 1. The van der Waals surface area contributed by atoms with Crippen LogP contribution in [-0.4, -0.2) is 25.5 Å². The highest BCUT2D eigenvalue weighted by Crippen LogP contribution is 2.12. The van der Waals surface area contributed by atoms with E-state index < -0.39 is 5.97 Å². The Morgan fingerprint density at radius 3 is 2.29 bits per heavy atom. The second-order valence-electron chi connectivity index (χ2n) is 4.46. The summed E-state index contributed by atoms with van der Waals surface area (Å²) in [6.45, 7) is 0.581. The molecule has 0 aliphatic rings. The predicted molar refractivity (Wildman–Crippen MR) is 84.3 cm³/mol. The van der Waals surface area contributed by atoms with Gasteiger partial charge in [-0.25, -0.2) is 9.79 Å². The monoisotopic (exact) mass is 279 g/mol. The van der Waals surface area contributed by atoms with Gasteiger partial charge in [0, 0.05) is 0 Å². The van der Waals surface area contributed by atoms with E-state index in [1.54, 1.807) is 0 Å². The number of ether oxygens (including phenoxy) is 1. The van der Waals surface area contributed by atoms with Gasteiger partial charge in [-0.15, -0.1) is 0 Å². The summed E-state index contributed by atoms with van der Waals surface area (Å²) in [5, 5.41) is 0. The van der Waals surface area contributed by atoms with Crippen molar-refractivity contribution in [2.24, 2.45) is 4.99 Å². The number of esters is 1. The van der Waals surface area contributed by atoms with E-state index in [-0.39, 0.29) is 0 Å². The number of hydrogen-bond donors (Lipinski definition) is 0. The van der Waals surface area contributed by atoms with Gasteiger partial charge in [0.25, 0.3) is 0 Å². The van der Waals surface area contributed by atoms with E-state index in [9.17, 15) is 4.79 Å². The summed E-state index contributed by atoms with van der Waals surface area (Å²) >= 11 is 0. The highest BCUT2D eigenvalue weighted by molar-refractivity contribution is 6.25. The number of rotatable bonds is 5. The van der Waals surface area contributed by atoms with Crippen molar-refractivity contribution in [3.63, 3.8) is 0 Å². The Balaban J connectivity index is 2.13. The SMILES string of the molecule is COC(=O)C(=C=NCCc1ccccc1)c1ccccc1. The van der Waals surface area contributed by atoms with Crippen molar-refractivity contribution in [3.05, 3.63) is 71.8 Å². The Morgan fingerprint density at radius 2 is 1.67 bits per heavy atom. The van der Waals surface area contributed by atoms with Crippen LogP contribution in [0.15, 0.2) is 65.7 Å². The largest absolute Gasteiger partial charge is 0.465 e. The predicted octanol–water partition coefficient (Wildman–Crippen LogP) is 3.16. The molecule has 0 aliphatic heterocycles. The first-order chi connectivity index (χ1) is 10.3. The Hall–Kier alpha value is -2.64. The molecule has 0 amide bonds. The van der Waals surface area contributed by atoms with Gasteiger partial charge in [-0.05, 0) is 23.4 Å². The van der Waals surface area contributed by atoms with Crippen LogP contribution in [0.4, 0.5) is 0 Å². The topological polar surface area (TPSA) is 38.7 Å². The zero-order valence-electron chi connectivity index (χ0n) is 12.0. The lowest BCUT2D eigenvalue weighted by molar-refractivity contribution is -0.133. The maximum atomic E-state index is 11.8. The molecule has 2 aromatic carbocycles. The Kier molecular flexibility index (Phi) is 5.50. The zero-order valence-corrected chi connectivity index (χ0v) is 12.0. The maximum absolute atomic E-state index is 11.8. The fourth-order valence-electron chi connectivity index (χ4n) is 1.90. The molecule has 21 heavy (non-hydrogen) atoms. The second kappa shape index (κ2) is 7.83. The van der Waals surface area contributed by atoms with E-state index in [0.717, 1.165) is 12.0 Å². The summed E-state index contributed by atoms with van der Waals surface area (Å²) in [6, 6.07) is 19.4. The Morgan fingerprint density at radius 1 is 1.05 bits per heavy atom. The summed E-state index contributed by atoms with van der Waals surface area (Å²) in [4.78, 5) is 16.0. The molecule has 2 aromatic rings. The summed E-state index contributed by atoms with van der Waals surface area (Å²) in [6.07, 6.45) is 0.817. The smallest absolute Gasteiger partial charge is 0.347 e. The fraction of sp³-hybridized carbons (Fsp3) is 0.167. The van der Waals surface area contributed by atoms with E-state index in [0.29, 0.717) is 12.1 Å². The Labute approximate surface area is 124 Å². The van der Waals surface area contributed by atoms with Crippen molar-refractivity contribution in [2.45, 2.75) is 6.42 Å². The molecule has 0 N–H and O–H groups in total. The van der Waals surface area contributed by atoms with Crippen LogP contribution < -0.4 is 0 Å². The molecule has 0 unspecified atom stereocenters. The van der Waals surface area contributed by atoms with Crippen LogP contribution in [0.1, 0.15) is 11.1 Å². The van der Waals surface area contributed by atoms with Crippen LogP contribution in [0.3, 0.4) is 0 Å². The van der Waals surface area contributed by atoms with Crippen LogP contribution in [0.25, 0.3) is 5.57 Å². The van der Waals surface area contributed by atoms with Gasteiger partial charge < -0.3 is 4.74 Å².